The smallest absolute Gasteiger partial charge is 0.335 e. The van der Waals surface area contributed by atoms with Crippen molar-refractivity contribution in [3.63, 3.8) is 0 Å². The maximum Gasteiger partial charge on any atom is 0.363 e. The highest BCUT2D eigenvalue weighted by Gasteiger charge is 2.27. The van der Waals surface area contributed by atoms with E-state index in [-0.39, 0.29) is 5.91 Å². The topological polar surface area (TPSA) is 71.5 Å². The number of aromatic nitrogens is 1. The quantitative estimate of drug-likeness (QED) is 0.640. The van der Waals surface area contributed by atoms with Crippen molar-refractivity contribution >= 4 is 23.4 Å². The molecule has 0 bridgehead atoms. The van der Waals surface area contributed by atoms with Gasteiger partial charge in [0.05, 0.1) is 16.8 Å². The van der Waals surface area contributed by atoms with Gasteiger partial charge in [-0.3, -0.25) is 4.79 Å². The molecule has 1 N–H and O–H groups in total. The maximum atomic E-state index is 12.5. The molecule has 1 aromatic heterocycles. The van der Waals surface area contributed by atoms with Crippen LogP contribution in [-0.2, 0) is 4.84 Å². The van der Waals surface area contributed by atoms with Crippen molar-refractivity contribution in [1.82, 2.24) is 4.98 Å². The second kappa shape index (κ2) is 8.56. The van der Waals surface area contributed by atoms with Crippen LogP contribution in [0.1, 0.15) is 41.5 Å². The number of benzene rings is 2. The van der Waals surface area contributed by atoms with E-state index in [9.17, 15) is 9.59 Å². The zero-order chi connectivity index (χ0) is 20.9. The number of hydrogen-bond donors (Lipinski definition) is 1. The SMILES string of the molecule is CC(C)(C)N(OC(=O)c1ccccc1)c1ccc(C(=O)Nc2ccccn2)cc1. The summed E-state index contributed by atoms with van der Waals surface area (Å²) in [5.41, 5.74) is 1.12. The third-order valence-corrected chi connectivity index (χ3v) is 4.06. The molecule has 0 aliphatic carbocycles. The van der Waals surface area contributed by atoms with Crippen LogP contribution in [0.3, 0.4) is 0 Å². The van der Waals surface area contributed by atoms with Crippen molar-refractivity contribution in [2.75, 3.05) is 10.4 Å². The fourth-order valence-corrected chi connectivity index (χ4v) is 2.66. The van der Waals surface area contributed by atoms with Gasteiger partial charge in [-0.25, -0.2) is 14.8 Å². The third kappa shape index (κ3) is 5.19. The Labute approximate surface area is 170 Å². The average Bonchev–Trinajstić information content (AvgIpc) is 2.72. The second-order valence-electron chi connectivity index (χ2n) is 7.43. The van der Waals surface area contributed by atoms with Gasteiger partial charge in [-0.15, -0.1) is 0 Å². The highest BCUT2D eigenvalue weighted by atomic mass is 16.7. The van der Waals surface area contributed by atoms with Crippen molar-refractivity contribution in [2.24, 2.45) is 0 Å². The van der Waals surface area contributed by atoms with Crippen LogP contribution in [0.15, 0.2) is 79.0 Å². The molecule has 0 aliphatic heterocycles. The molecular formula is C23H23N3O3. The molecule has 2 aromatic carbocycles. The van der Waals surface area contributed by atoms with Crippen LogP contribution < -0.4 is 10.4 Å². The maximum absolute atomic E-state index is 12.5. The highest BCUT2D eigenvalue weighted by molar-refractivity contribution is 6.03. The molecule has 1 heterocycles. The Balaban J connectivity index is 1.77. The summed E-state index contributed by atoms with van der Waals surface area (Å²) in [5.74, 6) is -0.231. The van der Waals surface area contributed by atoms with E-state index in [0.717, 1.165) is 0 Å². The van der Waals surface area contributed by atoms with Gasteiger partial charge in [0, 0.05) is 11.8 Å². The van der Waals surface area contributed by atoms with Crippen LogP contribution in [0.2, 0.25) is 0 Å². The number of nitrogens with one attached hydrogen (secondary N) is 1. The molecule has 29 heavy (non-hydrogen) atoms. The summed E-state index contributed by atoms with van der Waals surface area (Å²) in [6, 6.07) is 21.0. The van der Waals surface area contributed by atoms with E-state index in [4.69, 9.17) is 4.84 Å². The van der Waals surface area contributed by atoms with Crippen LogP contribution in [-0.4, -0.2) is 22.4 Å². The zero-order valence-corrected chi connectivity index (χ0v) is 16.6. The standard InChI is InChI=1S/C23H23N3O3/c1-23(2,3)26(29-22(28)18-9-5-4-6-10-18)19-14-12-17(13-15-19)21(27)25-20-11-7-8-16-24-20/h4-16H,1-3H3,(H,24,25,27). The van der Waals surface area contributed by atoms with Crippen LogP contribution in [0.5, 0.6) is 0 Å². The molecule has 0 atom stereocenters. The molecule has 6 heteroatoms. The molecule has 1 amide bonds. The van der Waals surface area contributed by atoms with Crippen LogP contribution in [0.25, 0.3) is 0 Å². The number of anilines is 2. The summed E-state index contributed by atoms with van der Waals surface area (Å²) >= 11 is 0. The number of amides is 1. The number of carbonyl (C=O) groups excluding carboxylic acids is 2. The number of nitrogens with zero attached hydrogens (tertiary/aromatic N) is 2. The first kappa shape index (κ1) is 20.1. The van der Waals surface area contributed by atoms with Gasteiger partial charge in [0.1, 0.15) is 5.82 Å². The molecule has 3 aromatic rings. The van der Waals surface area contributed by atoms with Crippen molar-refractivity contribution in [3.05, 3.63) is 90.1 Å². The fraction of sp³-hybridized carbons (Fsp3) is 0.174. The number of rotatable bonds is 5. The van der Waals surface area contributed by atoms with Gasteiger partial charge in [0.15, 0.2) is 0 Å². The molecule has 6 nitrogen and oxygen atoms in total. The van der Waals surface area contributed by atoms with Crippen LogP contribution in [0.4, 0.5) is 11.5 Å². The summed E-state index contributed by atoms with van der Waals surface area (Å²) in [4.78, 5) is 34.7. The number of pyridine rings is 1. The molecule has 0 fully saturated rings. The van der Waals surface area contributed by atoms with E-state index in [0.29, 0.717) is 22.6 Å². The Morgan fingerprint density at radius 2 is 1.52 bits per heavy atom. The predicted molar refractivity (Wildman–Crippen MR) is 113 cm³/mol. The first-order valence-electron chi connectivity index (χ1n) is 9.24. The van der Waals surface area contributed by atoms with Crippen LogP contribution >= 0.6 is 0 Å². The minimum atomic E-state index is -0.484. The van der Waals surface area contributed by atoms with E-state index in [1.165, 1.54) is 0 Å². The average molecular weight is 389 g/mol. The van der Waals surface area contributed by atoms with E-state index in [1.807, 2.05) is 26.8 Å². The Morgan fingerprint density at radius 1 is 0.862 bits per heavy atom. The van der Waals surface area contributed by atoms with E-state index in [2.05, 4.69) is 10.3 Å². The van der Waals surface area contributed by atoms with Gasteiger partial charge < -0.3 is 10.2 Å². The molecule has 3 rings (SSSR count). The molecule has 0 radical (unpaired) electrons. The Kier molecular flexibility index (Phi) is 5.93. The normalized spacial score (nSPS) is 10.9. The van der Waals surface area contributed by atoms with Crippen molar-refractivity contribution in [2.45, 2.75) is 26.3 Å². The minimum absolute atomic E-state index is 0.265. The fourth-order valence-electron chi connectivity index (χ4n) is 2.66. The number of hydroxylamine groups is 1. The van der Waals surface area contributed by atoms with E-state index >= 15 is 0 Å². The molecule has 148 valence electrons. The summed E-state index contributed by atoms with van der Waals surface area (Å²) in [6.45, 7) is 5.81. The summed E-state index contributed by atoms with van der Waals surface area (Å²) in [7, 11) is 0. The van der Waals surface area contributed by atoms with Gasteiger partial charge in [-0.2, -0.15) is 0 Å². The lowest BCUT2D eigenvalue weighted by atomic mass is 10.1. The highest BCUT2D eigenvalue weighted by Crippen LogP contribution is 2.26. The Morgan fingerprint density at radius 3 is 2.10 bits per heavy atom. The molecule has 0 unspecified atom stereocenters. The molecule has 0 saturated carbocycles. The van der Waals surface area contributed by atoms with E-state index in [1.54, 1.807) is 78.0 Å². The molecule has 0 aliphatic rings. The summed E-state index contributed by atoms with van der Waals surface area (Å²) in [6.07, 6.45) is 1.61. The number of hydrogen-bond acceptors (Lipinski definition) is 5. The number of carbonyl (C=O) groups is 2. The summed E-state index contributed by atoms with van der Waals surface area (Å²) in [5, 5.41) is 4.29. The Bertz CT molecular complexity index is 966. The Hall–Kier alpha value is -3.67. The van der Waals surface area contributed by atoms with Gasteiger partial charge in [-0.1, -0.05) is 24.3 Å². The lowest BCUT2D eigenvalue weighted by molar-refractivity contribution is 0.0346. The second-order valence-corrected chi connectivity index (χ2v) is 7.43. The lowest BCUT2D eigenvalue weighted by Gasteiger charge is -2.35. The molecule has 0 saturated heterocycles. The minimum Gasteiger partial charge on any atom is -0.335 e. The van der Waals surface area contributed by atoms with Crippen molar-refractivity contribution in [1.29, 1.82) is 0 Å². The monoisotopic (exact) mass is 389 g/mol. The first-order valence-corrected chi connectivity index (χ1v) is 9.24. The largest absolute Gasteiger partial charge is 0.363 e. The molecular weight excluding hydrogens is 366 g/mol. The van der Waals surface area contributed by atoms with Crippen molar-refractivity contribution < 1.29 is 14.4 Å². The third-order valence-electron chi connectivity index (χ3n) is 4.06. The van der Waals surface area contributed by atoms with E-state index < -0.39 is 11.5 Å². The zero-order valence-electron chi connectivity index (χ0n) is 16.6. The lowest BCUT2D eigenvalue weighted by Crippen LogP contribution is -2.43. The molecule has 0 spiro atoms. The predicted octanol–water partition coefficient (Wildman–Crippen LogP) is 4.71. The van der Waals surface area contributed by atoms with Gasteiger partial charge >= 0.3 is 5.97 Å². The first-order chi connectivity index (χ1) is 13.8. The van der Waals surface area contributed by atoms with Gasteiger partial charge in [-0.05, 0) is 69.3 Å². The van der Waals surface area contributed by atoms with Crippen LogP contribution in [0, 0.1) is 0 Å². The van der Waals surface area contributed by atoms with Gasteiger partial charge in [0.25, 0.3) is 5.91 Å². The van der Waals surface area contributed by atoms with Gasteiger partial charge in [0.2, 0.25) is 0 Å². The summed E-state index contributed by atoms with van der Waals surface area (Å²) < 4.78 is 0. The van der Waals surface area contributed by atoms with Crippen molar-refractivity contribution in [3.8, 4) is 0 Å².